The first kappa shape index (κ1) is 15.3. The number of fused-ring (bicyclic) bond motifs is 2. The number of nitrogens with zero attached hydrogens (tertiary/aromatic N) is 2. The smallest absolute Gasteiger partial charge is 0.254 e. The molecule has 0 aliphatic heterocycles. The van der Waals surface area contributed by atoms with E-state index in [4.69, 9.17) is 0 Å². The van der Waals surface area contributed by atoms with Gasteiger partial charge in [0.15, 0.2) is 0 Å². The first-order valence-electron chi connectivity index (χ1n) is 8.24. The zero-order valence-electron chi connectivity index (χ0n) is 13.8. The summed E-state index contributed by atoms with van der Waals surface area (Å²) in [7, 11) is 0. The lowest BCUT2D eigenvalue weighted by Crippen LogP contribution is -2.27. The first-order valence-corrected chi connectivity index (χ1v) is 8.24. The SMILES string of the molecule is CC(NC(=O)c1cccc2nc3ccccc3nc12)c1ccccc1. The molecule has 3 aromatic carbocycles. The van der Waals surface area contributed by atoms with Crippen molar-refractivity contribution in [1.29, 1.82) is 0 Å². The number of rotatable bonds is 3. The molecule has 25 heavy (non-hydrogen) atoms. The molecule has 1 amide bonds. The van der Waals surface area contributed by atoms with Crippen molar-refractivity contribution in [1.82, 2.24) is 15.3 Å². The van der Waals surface area contributed by atoms with Crippen LogP contribution >= 0.6 is 0 Å². The summed E-state index contributed by atoms with van der Waals surface area (Å²) >= 11 is 0. The van der Waals surface area contributed by atoms with Gasteiger partial charge in [-0.05, 0) is 36.8 Å². The van der Waals surface area contributed by atoms with E-state index in [1.165, 1.54) is 0 Å². The molecule has 4 nitrogen and oxygen atoms in total. The summed E-state index contributed by atoms with van der Waals surface area (Å²) in [5.74, 6) is -0.147. The molecule has 4 aromatic rings. The van der Waals surface area contributed by atoms with Crippen LogP contribution in [-0.4, -0.2) is 15.9 Å². The summed E-state index contributed by atoms with van der Waals surface area (Å²) in [5, 5.41) is 3.05. The van der Waals surface area contributed by atoms with Gasteiger partial charge in [-0.25, -0.2) is 9.97 Å². The fraction of sp³-hybridized carbons (Fsp3) is 0.0952. The van der Waals surface area contributed by atoms with Gasteiger partial charge < -0.3 is 5.32 Å². The minimum absolute atomic E-state index is 0.0858. The number of hydrogen-bond donors (Lipinski definition) is 1. The summed E-state index contributed by atoms with van der Waals surface area (Å²) in [6.45, 7) is 1.97. The Morgan fingerprint density at radius 3 is 2.20 bits per heavy atom. The lowest BCUT2D eigenvalue weighted by molar-refractivity contribution is 0.0941. The van der Waals surface area contributed by atoms with Gasteiger partial charge in [-0.1, -0.05) is 48.5 Å². The van der Waals surface area contributed by atoms with E-state index in [1.54, 1.807) is 6.07 Å². The molecule has 1 N–H and O–H groups in total. The molecule has 0 spiro atoms. The monoisotopic (exact) mass is 327 g/mol. The minimum atomic E-state index is -0.147. The Morgan fingerprint density at radius 1 is 0.800 bits per heavy atom. The van der Waals surface area contributed by atoms with Crippen molar-refractivity contribution < 1.29 is 4.79 Å². The van der Waals surface area contributed by atoms with Crippen LogP contribution in [0, 0.1) is 0 Å². The normalized spacial score (nSPS) is 12.2. The van der Waals surface area contributed by atoms with Crippen LogP contribution < -0.4 is 5.32 Å². The molecule has 1 heterocycles. The van der Waals surface area contributed by atoms with Gasteiger partial charge in [0.1, 0.15) is 5.52 Å². The van der Waals surface area contributed by atoms with E-state index in [2.05, 4.69) is 15.3 Å². The number of amides is 1. The molecule has 0 radical (unpaired) electrons. The summed E-state index contributed by atoms with van der Waals surface area (Å²) in [5.41, 5.74) is 4.56. The zero-order chi connectivity index (χ0) is 17.2. The lowest BCUT2D eigenvalue weighted by Gasteiger charge is -2.15. The Morgan fingerprint density at radius 2 is 1.44 bits per heavy atom. The average molecular weight is 327 g/mol. The minimum Gasteiger partial charge on any atom is -0.345 e. The standard InChI is InChI=1S/C21H17N3O/c1-14(15-8-3-2-4-9-15)22-21(25)16-10-7-13-19-20(16)24-18-12-6-5-11-17(18)23-19/h2-14H,1H3,(H,22,25). The van der Waals surface area contributed by atoms with Gasteiger partial charge in [-0.15, -0.1) is 0 Å². The van der Waals surface area contributed by atoms with Crippen molar-refractivity contribution in [3.8, 4) is 0 Å². The maximum absolute atomic E-state index is 12.8. The Labute approximate surface area is 145 Å². The summed E-state index contributed by atoms with van der Waals surface area (Å²) < 4.78 is 0. The molecule has 4 rings (SSSR count). The van der Waals surface area contributed by atoms with Crippen molar-refractivity contribution in [3.63, 3.8) is 0 Å². The van der Waals surface area contributed by atoms with Crippen molar-refractivity contribution >= 4 is 28.0 Å². The number of aromatic nitrogens is 2. The van der Waals surface area contributed by atoms with Crippen LogP contribution in [0.3, 0.4) is 0 Å². The molecular formula is C21H17N3O. The summed E-state index contributed by atoms with van der Waals surface area (Å²) in [6, 6.07) is 23.0. The summed E-state index contributed by atoms with van der Waals surface area (Å²) in [6.07, 6.45) is 0. The van der Waals surface area contributed by atoms with Crippen LogP contribution in [0.4, 0.5) is 0 Å². The number of carbonyl (C=O) groups is 1. The topological polar surface area (TPSA) is 54.9 Å². The van der Waals surface area contributed by atoms with Crippen LogP contribution in [0.1, 0.15) is 28.9 Å². The number of carbonyl (C=O) groups excluding carboxylic acids is 1. The van der Waals surface area contributed by atoms with Crippen LogP contribution in [0.2, 0.25) is 0 Å². The third-order valence-corrected chi connectivity index (χ3v) is 4.26. The van der Waals surface area contributed by atoms with Crippen LogP contribution in [0.25, 0.3) is 22.1 Å². The van der Waals surface area contributed by atoms with Gasteiger partial charge in [0, 0.05) is 0 Å². The van der Waals surface area contributed by atoms with Gasteiger partial charge in [-0.2, -0.15) is 0 Å². The van der Waals surface area contributed by atoms with Crippen LogP contribution in [0.15, 0.2) is 72.8 Å². The van der Waals surface area contributed by atoms with Crippen molar-refractivity contribution in [2.75, 3.05) is 0 Å². The molecule has 0 aliphatic rings. The first-order chi connectivity index (χ1) is 12.2. The quantitative estimate of drug-likeness (QED) is 0.572. The highest BCUT2D eigenvalue weighted by molar-refractivity contribution is 6.06. The van der Waals surface area contributed by atoms with E-state index in [1.807, 2.05) is 73.7 Å². The zero-order valence-corrected chi connectivity index (χ0v) is 13.8. The second-order valence-corrected chi connectivity index (χ2v) is 5.99. The van der Waals surface area contributed by atoms with Crippen molar-refractivity contribution in [2.24, 2.45) is 0 Å². The lowest BCUT2D eigenvalue weighted by atomic mass is 10.1. The number of benzene rings is 3. The highest BCUT2D eigenvalue weighted by Gasteiger charge is 2.15. The van der Waals surface area contributed by atoms with E-state index in [0.29, 0.717) is 11.1 Å². The maximum Gasteiger partial charge on any atom is 0.254 e. The highest BCUT2D eigenvalue weighted by Crippen LogP contribution is 2.20. The fourth-order valence-corrected chi connectivity index (χ4v) is 2.93. The Hall–Kier alpha value is -3.27. The molecule has 122 valence electrons. The molecule has 1 aromatic heterocycles. The number of para-hydroxylation sites is 3. The van der Waals surface area contributed by atoms with E-state index in [-0.39, 0.29) is 11.9 Å². The van der Waals surface area contributed by atoms with Crippen molar-refractivity contribution in [2.45, 2.75) is 13.0 Å². The third kappa shape index (κ3) is 2.94. The highest BCUT2D eigenvalue weighted by atomic mass is 16.1. The van der Waals surface area contributed by atoms with Crippen LogP contribution in [-0.2, 0) is 0 Å². The largest absolute Gasteiger partial charge is 0.345 e. The maximum atomic E-state index is 12.8. The Balaban J connectivity index is 1.73. The van der Waals surface area contributed by atoms with E-state index in [0.717, 1.165) is 22.1 Å². The van der Waals surface area contributed by atoms with Crippen molar-refractivity contribution in [3.05, 3.63) is 83.9 Å². The van der Waals surface area contributed by atoms with E-state index in [9.17, 15) is 4.79 Å². The Kier molecular flexibility index (Phi) is 3.86. The molecule has 0 aliphatic carbocycles. The molecule has 1 atom stereocenters. The van der Waals surface area contributed by atoms with Gasteiger partial charge in [0.05, 0.1) is 28.2 Å². The summed E-state index contributed by atoms with van der Waals surface area (Å²) in [4.78, 5) is 22.1. The van der Waals surface area contributed by atoms with Crippen LogP contribution in [0.5, 0.6) is 0 Å². The average Bonchev–Trinajstić information content (AvgIpc) is 2.66. The van der Waals surface area contributed by atoms with E-state index < -0.39 is 0 Å². The molecule has 0 saturated carbocycles. The van der Waals surface area contributed by atoms with Gasteiger partial charge in [0.2, 0.25) is 0 Å². The van der Waals surface area contributed by atoms with Gasteiger partial charge in [-0.3, -0.25) is 4.79 Å². The van der Waals surface area contributed by atoms with Gasteiger partial charge in [0.25, 0.3) is 5.91 Å². The molecule has 0 fully saturated rings. The predicted octanol–water partition coefficient (Wildman–Crippen LogP) is 4.27. The predicted molar refractivity (Wildman–Crippen MR) is 99.4 cm³/mol. The molecular weight excluding hydrogens is 310 g/mol. The second kappa shape index (κ2) is 6.32. The molecule has 4 heteroatoms. The van der Waals surface area contributed by atoms with Gasteiger partial charge >= 0.3 is 0 Å². The molecule has 0 saturated heterocycles. The number of nitrogens with one attached hydrogen (secondary N) is 1. The third-order valence-electron chi connectivity index (χ3n) is 4.26. The fourth-order valence-electron chi connectivity index (χ4n) is 2.93. The number of hydrogen-bond acceptors (Lipinski definition) is 3. The second-order valence-electron chi connectivity index (χ2n) is 5.99. The Bertz CT molecular complexity index is 1060. The molecule has 1 unspecified atom stereocenters. The van der Waals surface area contributed by atoms with E-state index >= 15 is 0 Å². The molecule has 0 bridgehead atoms.